The van der Waals surface area contributed by atoms with Gasteiger partial charge in [0.15, 0.2) is 0 Å². The summed E-state index contributed by atoms with van der Waals surface area (Å²) in [7, 11) is 0. The van der Waals surface area contributed by atoms with Crippen LogP contribution >= 0.6 is 11.6 Å². The van der Waals surface area contributed by atoms with E-state index in [0.717, 1.165) is 25.6 Å². The van der Waals surface area contributed by atoms with Gasteiger partial charge in [0, 0.05) is 25.7 Å². The number of halogens is 2. The van der Waals surface area contributed by atoms with Gasteiger partial charge >= 0.3 is 0 Å². The molecule has 0 saturated carbocycles. The molecule has 3 rings (SSSR count). The SMILES string of the molecule is CC(CNC(=O)c1ccc(F)cc1Cl)N1CCc2ccccc2C1. The number of benzene rings is 2. The minimum Gasteiger partial charge on any atom is -0.350 e. The van der Waals surface area contributed by atoms with Crippen molar-refractivity contribution < 1.29 is 9.18 Å². The smallest absolute Gasteiger partial charge is 0.252 e. The Morgan fingerprint density at radius 3 is 2.79 bits per heavy atom. The van der Waals surface area contributed by atoms with Crippen molar-refractivity contribution in [1.82, 2.24) is 10.2 Å². The van der Waals surface area contributed by atoms with Gasteiger partial charge in [-0.2, -0.15) is 0 Å². The lowest BCUT2D eigenvalue weighted by Crippen LogP contribution is -2.44. The maximum Gasteiger partial charge on any atom is 0.252 e. The number of rotatable bonds is 4. The Bertz CT molecular complexity index is 750. The minimum absolute atomic E-state index is 0.132. The van der Waals surface area contributed by atoms with Crippen LogP contribution in [0.25, 0.3) is 0 Å². The lowest BCUT2D eigenvalue weighted by Gasteiger charge is -2.33. The second-order valence-electron chi connectivity index (χ2n) is 6.17. The molecule has 0 bridgehead atoms. The molecular formula is C19H20ClFN2O. The first kappa shape index (κ1) is 16.9. The summed E-state index contributed by atoms with van der Waals surface area (Å²) in [4.78, 5) is 14.6. The van der Waals surface area contributed by atoms with E-state index in [1.54, 1.807) is 0 Å². The summed E-state index contributed by atoms with van der Waals surface area (Å²) in [6, 6.07) is 12.5. The van der Waals surface area contributed by atoms with Crippen LogP contribution in [-0.2, 0) is 13.0 Å². The highest BCUT2D eigenvalue weighted by atomic mass is 35.5. The average molecular weight is 347 g/mol. The summed E-state index contributed by atoms with van der Waals surface area (Å²) in [5.74, 6) is -0.721. The third-order valence-electron chi connectivity index (χ3n) is 4.52. The fourth-order valence-electron chi connectivity index (χ4n) is 3.03. The molecule has 1 aliphatic heterocycles. The lowest BCUT2D eigenvalue weighted by molar-refractivity contribution is 0.0932. The Balaban J connectivity index is 1.58. The molecule has 1 amide bonds. The van der Waals surface area contributed by atoms with Crippen LogP contribution < -0.4 is 5.32 Å². The van der Waals surface area contributed by atoms with Crippen molar-refractivity contribution in [2.45, 2.75) is 25.9 Å². The normalized spacial score (nSPS) is 15.6. The zero-order valence-corrected chi connectivity index (χ0v) is 14.3. The van der Waals surface area contributed by atoms with Crippen LogP contribution in [-0.4, -0.2) is 29.9 Å². The topological polar surface area (TPSA) is 32.3 Å². The van der Waals surface area contributed by atoms with Crippen LogP contribution in [0.1, 0.15) is 28.4 Å². The molecule has 0 saturated heterocycles. The Labute approximate surface area is 146 Å². The van der Waals surface area contributed by atoms with Gasteiger partial charge in [0.25, 0.3) is 5.91 Å². The quantitative estimate of drug-likeness (QED) is 0.916. The van der Waals surface area contributed by atoms with Crippen LogP contribution in [0.2, 0.25) is 5.02 Å². The summed E-state index contributed by atoms with van der Waals surface area (Å²) >= 11 is 5.93. The molecule has 1 heterocycles. The summed E-state index contributed by atoms with van der Waals surface area (Å²) in [6.45, 7) is 4.49. The molecule has 0 radical (unpaired) electrons. The van der Waals surface area contributed by atoms with Crippen LogP contribution in [0.4, 0.5) is 4.39 Å². The van der Waals surface area contributed by atoms with Gasteiger partial charge in [-0.25, -0.2) is 4.39 Å². The van der Waals surface area contributed by atoms with E-state index in [0.29, 0.717) is 12.1 Å². The van der Waals surface area contributed by atoms with Crippen LogP contribution in [0.15, 0.2) is 42.5 Å². The van der Waals surface area contributed by atoms with Gasteiger partial charge in [0.1, 0.15) is 5.82 Å². The molecular weight excluding hydrogens is 327 g/mol. The van der Waals surface area contributed by atoms with E-state index in [1.165, 1.54) is 23.3 Å². The molecule has 24 heavy (non-hydrogen) atoms. The number of hydrogen-bond donors (Lipinski definition) is 1. The highest BCUT2D eigenvalue weighted by Gasteiger charge is 2.21. The Hall–Kier alpha value is -1.91. The standard InChI is InChI=1S/C19H20ClFN2O/c1-13(23-9-8-14-4-2-3-5-15(14)12-23)11-22-19(24)17-7-6-16(21)10-18(17)20/h2-7,10,13H,8-9,11-12H2,1H3,(H,22,24). The zero-order valence-electron chi connectivity index (χ0n) is 13.6. The molecule has 2 aromatic carbocycles. The van der Waals surface area contributed by atoms with Gasteiger partial charge in [-0.15, -0.1) is 0 Å². The van der Waals surface area contributed by atoms with Crippen molar-refractivity contribution in [3.63, 3.8) is 0 Å². The maximum atomic E-state index is 13.1. The van der Waals surface area contributed by atoms with Gasteiger partial charge in [0.05, 0.1) is 10.6 Å². The number of nitrogens with one attached hydrogen (secondary N) is 1. The third-order valence-corrected chi connectivity index (χ3v) is 4.83. The molecule has 0 fully saturated rings. The maximum absolute atomic E-state index is 13.1. The van der Waals surface area contributed by atoms with E-state index in [2.05, 4.69) is 41.4 Å². The fraction of sp³-hybridized carbons (Fsp3) is 0.316. The molecule has 126 valence electrons. The number of carbonyl (C=O) groups excluding carboxylic acids is 1. The van der Waals surface area contributed by atoms with Gasteiger partial charge < -0.3 is 5.32 Å². The number of hydrogen-bond acceptors (Lipinski definition) is 2. The Morgan fingerprint density at radius 2 is 2.04 bits per heavy atom. The molecule has 1 unspecified atom stereocenters. The van der Waals surface area contributed by atoms with E-state index in [1.807, 2.05) is 0 Å². The Kier molecular flexibility index (Phi) is 5.17. The van der Waals surface area contributed by atoms with Crippen molar-refractivity contribution in [1.29, 1.82) is 0 Å². The van der Waals surface area contributed by atoms with Gasteiger partial charge in [0.2, 0.25) is 0 Å². The van der Waals surface area contributed by atoms with E-state index >= 15 is 0 Å². The molecule has 0 aliphatic carbocycles. The second kappa shape index (κ2) is 7.32. The van der Waals surface area contributed by atoms with E-state index < -0.39 is 5.82 Å². The predicted octanol–water partition coefficient (Wildman–Crippen LogP) is 3.66. The Morgan fingerprint density at radius 1 is 1.29 bits per heavy atom. The highest BCUT2D eigenvalue weighted by molar-refractivity contribution is 6.33. The van der Waals surface area contributed by atoms with Crippen molar-refractivity contribution >= 4 is 17.5 Å². The fourth-order valence-corrected chi connectivity index (χ4v) is 3.29. The lowest BCUT2D eigenvalue weighted by atomic mass is 9.99. The average Bonchev–Trinajstić information content (AvgIpc) is 2.59. The number of fused-ring (bicyclic) bond motifs is 1. The van der Waals surface area contributed by atoms with Gasteiger partial charge in [-0.1, -0.05) is 35.9 Å². The van der Waals surface area contributed by atoms with Crippen molar-refractivity contribution in [2.24, 2.45) is 0 Å². The molecule has 1 aliphatic rings. The first-order chi connectivity index (χ1) is 11.5. The predicted molar refractivity (Wildman–Crippen MR) is 93.8 cm³/mol. The molecule has 0 spiro atoms. The monoisotopic (exact) mass is 346 g/mol. The first-order valence-corrected chi connectivity index (χ1v) is 8.46. The van der Waals surface area contributed by atoms with Crippen molar-refractivity contribution in [3.8, 4) is 0 Å². The molecule has 0 aromatic heterocycles. The van der Waals surface area contributed by atoms with E-state index in [9.17, 15) is 9.18 Å². The first-order valence-electron chi connectivity index (χ1n) is 8.08. The van der Waals surface area contributed by atoms with Crippen LogP contribution in [0, 0.1) is 5.82 Å². The molecule has 1 N–H and O–H groups in total. The summed E-state index contributed by atoms with van der Waals surface area (Å²) in [5, 5.41) is 3.02. The zero-order chi connectivity index (χ0) is 17.1. The van der Waals surface area contributed by atoms with Crippen LogP contribution in [0.3, 0.4) is 0 Å². The highest BCUT2D eigenvalue weighted by Crippen LogP contribution is 2.20. The van der Waals surface area contributed by atoms with E-state index in [4.69, 9.17) is 11.6 Å². The largest absolute Gasteiger partial charge is 0.350 e. The van der Waals surface area contributed by atoms with Crippen LogP contribution in [0.5, 0.6) is 0 Å². The van der Waals surface area contributed by atoms with Crippen molar-refractivity contribution in [2.75, 3.05) is 13.1 Å². The summed E-state index contributed by atoms with van der Waals surface area (Å²) in [6.07, 6.45) is 1.03. The molecule has 1 atom stereocenters. The number of nitrogens with zero attached hydrogens (tertiary/aromatic N) is 1. The second-order valence-corrected chi connectivity index (χ2v) is 6.58. The molecule has 3 nitrogen and oxygen atoms in total. The molecule has 5 heteroatoms. The number of amides is 1. The summed E-state index contributed by atoms with van der Waals surface area (Å²) < 4.78 is 13.1. The number of carbonyl (C=O) groups is 1. The molecule has 2 aromatic rings. The van der Waals surface area contributed by atoms with E-state index in [-0.39, 0.29) is 17.0 Å². The minimum atomic E-state index is -0.447. The van der Waals surface area contributed by atoms with Gasteiger partial charge in [-0.05, 0) is 42.7 Å². The van der Waals surface area contributed by atoms with Gasteiger partial charge in [-0.3, -0.25) is 9.69 Å². The third kappa shape index (κ3) is 3.77. The summed E-state index contributed by atoms with van der Waals surface area (Å²) in [5.41, 5.74) is 3.06. The van der Waals surface area contributed by atoms with Crippen molar-refractivity contribution in [3.05, 3.63) is 70.0 Å².